The van der Waals surface area contributed by atoms with E-state index < -0.39 is 5.54 Å². The van der Waals surface area contributed by atoms with Crippen LogP contribution in [0.4, 0.5) is 0 Å². The van der Waals surface area contributed by atoms with E-state index in [-0.39, 0.29) is 10.1 Å². The van der Waals surface area contributed by atoms with Crippen LogP contribution in [0, 0.1) is 0 Å². The third-order valence-corrected chi connectivity index (χ3v) is 7.67. The number of hydrogen-bond donors (Lipinski definition) is 0. The molecule has 0 spiro atoms. The van der Waals surface area contributed by atoms with E-state index in [0.29, 0.717) is 0 Å². The third-order valence-electron chi connectivity index (χ3n) is 5.99. The monoisotopic (exact) mass is 441 g/mol. The summed E-state index contributed by atoms with van der Waals surface area (Å²) in [7, 11) is 0. The Bertz CT molecular complexity index is 1010. The summed E-state index contributed by atoms with van der Waals surface area (Å²) in [6.45, 7) is 0.782. The fourth-order valence-corrected chi connectivity index (χ4v) is 6.40. The van der Waals surface area contributed by atoms with Crippen LogP contribution in [-0.2, 0) is 5.54 Å². The van der Waals surface area contributed by atoms with Crippen molar-refractivity contribution in [3.05, 3.63) is 144 Å². The molecule has 1 saturated heterocycles. The fraction of sp³-hybridized carbons (Fsp3) is 0.143. The van der Waals surface area contributed by atoms with Gasteiger partial charge in [-0.05, 0) is 22.3 Å². The molecule has 1 aliphatic heterocycles. The van der Waals surface area contributed by atoms with Crippen LogP contribution in [0.25, 0.3) is 0 Å². The molecule has 0 bridgehead atoms. The molecule has 5 rings (SSSR count). The Labute approximate surface area is 193 Å². The highest BCUT2D eigenvalue weighted by Crippen LogP contribution is 2.54. The van der Waals surface area contributed by atoms with Gasteiger partial charge < -0.3 is 0 Å². The normalized spacial score (nSPS) is 19.4. The molecule has 2 atom stereocenters. The van der Waals surface area contributed by atoms with Crippen LogP contribution in [0.2, 0.25) is 0 Å². The molecule has 0 aliphatic carbocycles. The van der Waals surface area contributed by atoms with Gasteiger partial charge in [0.2, 0.25) is 0 Å². The zero-order valence-corrected chi connectivity index (χ0v) is 18.7. The van der Waals surface area contributed by atoms with Crippen molar-refractivity contribution in [1.82, 2.24) is 4.90 Å². The molecule has 154 valence electrons. The number of thioether (sulfide) groups is 1. The second kappa shape index (κ2) is 8.92. The first kappa shape index (κ1) is 20.4. The molecule has 0 N–H and O–H groups in total. The summed E-state index contributed by atoms with van der Waals surface area (Å²) in [6, 6.07) is 43.3. The summed E-state index contributed by atoms with van der Waals surface area (Å²) in [4.78, 5) is 2.59. The average Bonchev–Trinajstić information content (AvgIpc) is 3.24. The molecule has 1 fully saturated rings. The molecule has 0 saturated carbocycles. The summed E-state index contributed by atoms with van der Waals surface area (Å²) >= 11 is 8.67. The van der Waals surface area contributed by atoms with Crippen molar-refractivity contribution in [1.29, 1.82) is 0 Å². The lowest BCUT2D eigenvalue weighted by Gasteiger charge is -2.46. The van der Waals surface area contributed by atoms with Gasteiger partial charge in [0.05, 0.1) is 15.6 Å². The van der Waals surface area contributed by atoms with Gasteiger partial charge in [0, 0.05) is 6.54 Å². The highest BCUT2D eigenvalue weighted by molar-refractivity contribution is 8.01. The molecule has 2 unspecified atom stereocenters. The molecule has 0 radical (unpaired) electrons. The lowest BCUT2D eigenvalue weighted by molar-refractivity contribution is 0.161. The highest BCUT2D eigenvalue weighted by Gasteiger charge is 2.49. The number of nitrogens with zero attached hydrogens (tertiary/aromatic N) is 1. The summed E-state index contributed by atoms with van der Waals surface area (Å²) < 4.78 is 0.0146. The molecule has 1 aliphatic rings. The first-order valence-electron chi connectivity index (χ1n) is 10.6. The van der Waals surface area contributed by atoms with Crippen LogP contribution in [0.15, 0.2) is 121 Å². The largest absolute Gasteiger partial charge is 0.268 e. The molecular formula is C28H24ClNS. The minimum atomic E-state index is -0.457. The minimum absolute atomic E-state index is 0.0146. The van der Waals surface area contributed by atoms with Crippen LogP contribution in [-0.4, -0.2) is 16.2 Å². The van der Waals surface area contributed by atoms with Gasteiger partial charge in [-0.2, -0.15) is 0 Å². The molecular weight excluding hydrogens is 418 g/mol. The second-order valence-electron chi connectivity index (χ2n) is 7.77. The lowest BCUT2D eigenvalue weighted by atomic mass is 9.75. The zero-order chi connectivity index (χ0) is 21.1. The Morgan fingerprint density at radius 3 is 1.42 bits per heavy atom. The first-order chi connectivity index (χ1) is 15.3. The summed E-state index contributed by atoms with van der Waals surface area (Å²) in [6.07, 6.45) is 0. The molecule has 1 nitrogen and oxygen atoms in total. The number of halogens is 1. The van der Waals surface area contributed by atoms with E-state index >= 15 is 0 Å². The molecule has 31 heavy (non-hydrogen) atoms. The third kappa shape index (κ3) is 3.70. The van der Waals surface area contributed by atoms with Gasteiger partial charge in [0.1, 0.15) is 0 Å². The predicted molar refractivity (Wildman–Crippen MR) is 132 cm³/mol. The minimum Gasteiger partial charge on any atom is -0.268 e. The van der Waals surface area contributed by atoms with E-state index in [9.17, 15) is 0 Å². The van der Waals surface area contributed by atoms with Crippen molar-refractivity contribution >= 4 is 23.4 Å². The SMILES string of the molecule is ClC1CN(C(c2ccccc2)(c2ccccc2)c2ccccc2)C(c2ccccc2)S1. The van der Waals surface area contributed by atoms with E-state index in [4.69, 9.17) is 11.6 Å². The van der Waals surface area contributed by atoms with Crippen LogP contribution in [0.3, 0.4) is 0 Å². The van der Waals surface area contributed by atoms with Gasteiger partial charge in [-0.15, -0.1) is 23.4 Å². The Balaban J connectivity index is 1.81. The van der Waals surface area contributed by atoms with E-state index in [1.165, 1.54) is 22.3 Å². The topological polar surface area (TPSA) is 3.24 Å². The van der Waals surface area contributed by atoms with E-state index in [2.05, 4.69) is 126 Å². The quantitative estimate of drug-likeness (QED) is 0.236. The molecule has 0 amide bonds. The maximum atomic E-state index is 6.84. The second-order valence-corrected chi connectivity index (χ2v) is 9.84. The Hall–Kier alpha value is -2.52. The standard InChI is InChI=1S/C28H24ClNS/c29-26-21-30(27(31-26)22-13-5-1-6-14-22)28(23-15-7-2-8-16-23,24-17-9-3-10-18-24)25-19-11-4-12-20-25/h1-20,26-27H,21H2. The zero-order valence-electron chi connectivity index (χ0n) is 17.1. The van der Waals surface area contributed by atoms with Crippen molar-refractivity contribution in [3.8, 4) is 0 Å². The maximum Gasteiger partial charge on any atom is 0.0985 e. The van der Waals surface area contributed by atoms with Crippen molar-refractivity contribution in [2.45, 2.75) is 15.6 Å². The molecule has 4 aromatic rings. The molecule has 1 heterocycles. The van der Waals surface area contributed by atoms with Gasteiger partial charge in [-0.1, -0.05) is 121 Å². The molecule has 0 aromatic heterocycles. The summed E-state index contributed by atoms with van der Waals surface area (Å²) in [5, 5.41) is 0.143. The number of benzene rings is 4. The first-order valence-corrected chi connectivity index (χ1v) is 12.0. The summed E-state index contributed by atoms with van der Waals surface area (Å²) in [5.41, 5.74) is 4.57. The Morgan fingerprint density at radius 1 is 0.613 bits per heavy atom. The van der Waals surface area contributed by atoms with Crippen molar-refractivity contribution in [2.75, 3.05) is 6.54 Å². The van der Waals surface area contributed by atoms with Crippen LogP contribution >= 0.6 is 23.4 Å². The molecule has 3 heteroatoms. The average molecular weight is 442 g/mol. The molecule has 4 aromatic carbocycles. The van der Waals surface area contributed by atoms with Gasteiger partial charge in [0.15, 0.2) is 0 Å². The smallest absolute Gasteiger partial charge is 0.0985 e. The van der Waals surface area contributed by atoms with Gasteiger partial charge in [-0.3, -0.25) is 4.90 Å². The van der Waals surface area contributed by atoms with Gasteiger partial charge in [0.25, 0.3) is 0 Å². The van der Waals surface area contributed by atoms with Gasteiger partial charge >= 0.3 is 0 Å². The number of hydrogen-bond acceptors (Lipinski definition) is 2. The fourth-order valence-electron chi connectivity index (χ4n) is 4.73. The van der Waals surface area contributed by atoms with E-state index in [0.717, 1.165) is 6.54 Å². The van der Waals surface area contributed by atoms with E-state index in [1.54, 1.807) is 0 Å². The van der Waals surface area contributed by atoms with Crippen LogP contribution in [0.1, 0.15) is 27.6 Å². The van der Waals surface area contributed by atoms with Gasteiger partial charge in [-0.25, -0.2) is 0 Å². The maximum absolute atomic E-state index is 6.84. The van der Waals surface area contributed by atoms with Crippen LogP contribution < -0.4 is 0 Å². The Morgan fingerprint density at radius 2 is 1.00 bits per heavy atom. The Kier molecular flexibility index (Phi) is 5.87. The number of alkyl halides is 1. The van der Waals surface area contributed by atoms with Crippen molar-refractivity contribution < 1.29 is 0 Å². The number of rotatable bonds is 5. The summed E-state index contributed by atoms with van der Waals surface area (Å²) in [5.74, 6) is 0. The van der Waals surface area contributed by atoms with Crippen molar-refractivity contribution in [2.24, 2.45) is 0 Å². The predicted octanol–water partition coefficient (Wildman–Crippen LogP) is 7.29. The van der Waals surface area contributed by atoms with E-state index in [1.807, 2.05) is 11.8 Å². The lowest BCUT2D eigenvalue weighted by Crippen LogP contribution is -2.48. The highest BCUT2D eigenvalue weighted by atomic mass is 35.5. The van der Waals surface area contributed by atoms with Crippen molar-refractivity contribution in [3.63, 3.8) is 0 Å². The van der Waals surface area contributed by atoms with Crippen LogP contribution in [0.5, 0.6) is 0 Å².